The lowest BCUT2D eigenvalue weighted by atomic mass is 9.91. The van der Waals surface area contributed by atoms with E-state index in [-0.39, 0.29) is 5.56 Å². The molecule has 4 rings (SSSR count). The van der Waals surface area contributed by atoms with Crippen molar-refractivity contribution in [1.29, 1.82) is 0 Å². The second kappa shape index (κ2) is 8.13. The lowest BCUT2D eigenvalue weighted by molar-refractivity contribution is -0.168. The molecule has 0 amide bonds. The molecule has 0 spiro atoms. The van der Waals surface area contributed by atoms with Crippen molar-refractivity contribution in [3.63, 3.8) is 0 Å². The van der Waals surface area contributed by atoms with Crippen LogP contribution in [0.4, 0.5) is 14.6 Å². The number of aryl methyl sites for hydroxylation is 1. The number of hydrogen-bond acceptors (Lipinski definition) is 6. The number of aromatic nitrogens is 3. The van der Waals surface area contributed by atoms with E-state index in [1.807, 2.05) is 13.0 Å². The molecule has 1 fully saturated rings. The van der Waals surface area contributed by atoms with Crippen molar-refractivity contribution in [1.82, 2.24) is 15.0 Å². The standard InChI is InChI=1S/C25H27F2N5O2/c1-14(16-8-7-9-17(12-16)25(26,27)23(3,4)33)29-20-18-13-19(24(28-5)10-11-24)22(34-6)32-21(18)31-15(2)30-20/h7-9,12-14,33H,10-11H2,1-4,6H3,(H,29,30,31,32)/t14-/m1/s1. The third-order valence-corrected chi connectivity index (χ3v) is 6.27. The topological polar surface area (TPSA) is 84.5 Å². The molecule has 2 heterocycles. The zero-order valence-electron chi connectivity index (χ0n) is 19.8. The molecule has 0 radical (unpaired) electrons. The third-order valence-electron chi connectivity index (χ3n) is 6.27. The van der Waals surface area contributed by atoms with E-state index >= 15 is 0 Å². The van der Waals surface area contributed by atoms with Gasteiger partial charge in [0.2, 0.25) is 5.88 Å². The van der Waals surface area contributed by atoms with Crippen molar-refractivity contribution in [2.45, 2.75) is 63.6 Å². The van der Waals surface area contributed by atoms with Crippen molar-refractivity contribution in [2.75, 3.05) is 12.4 Å². The van der Waals surface area contributed by atoms with Crippen molar-refractivity contribution in [3.05, 3.63) is 64.3 Å². The van der Waals surface area contributed by atoms with Crippen LogP contribution in [-0.4, -0.2) is 32.8 Å². The number of hydrogen-bond donors (Lipinski definition) is 2. The number of fused-ring (bicyclic) bond motifs is 1. The molecular weight excluding hydrogens is 440 g/mol. The van der Waals surface area contributed by atoms with Crippen LogP contribution >= 0.6 is 0 Å². The predicted octanol–water partition coefficient (Wildman–Crippen LogP) is 5.29. The van der Waals surface area contributed by atoms with Crippen LogP contribution in [0.25, 0.3) is 15.9 Å². The number of aliphatic hydroxyl groups is 1. The average molecular weight is 468 g/mol. The van der Waals surface area contributed by atoms with E-state index in [0.717, 1.165) is 26.7 Å². The number of alkyl halides is 2. The maximum Gasteiger partial charge on any atom is 0.300 e. The van der Waals surface area contributed by atoms with Gasteiger partial charge in [-0.1, -0.05) is 18.2 Å². The van der Waals surface area contributed by atoms with Crippen LogP contribution in [0.5, 0.6) is 5.88 Å². The molecule has 34 heavy (non-hydrogen) atoms. The maximum atomic E-state index is 14.7. The zero-order valence-corrected chi connectivity index (χ0v) is 19.8. The molecule has 0 saturated heterocycles. The predicted molar refractivity (Wildman–Crippen MR) is 125 cm³/mol. The first-order chi connectivity index (χ1) is 15.9. The summed E-state index contributed by atoms with van der Waals surface area (Å²) in [6.07, 6.45) is 1.46. The Morgan fingerprint density at radius 1 is 1.21 bits per heavy atom. The number of ether oxygens (including phenoxy) is 1. The van der Waals surface area contributed by atoms with E-state index in [1.54, 1.807) is 19.1 Å². The highest BCUT2D eigenvalue weighted by atomic mass is 19.3. The Bertz CT molecular complexity index is 1290. The Hall–Kier alpha value is -3.38. The van der Waals surface area contributed by atoms with Crippen molar-refractivity contribution >= 4 is 16.9 Å². The Morgan fingerprint density at radius 2 is 1.91 bits per heavy atom. The van der Waals surface area contributed by atoms with Crippen LogP contribution < -0.4 is 10.1 Å². The molecule has 0 bridgehead atoms. The number of nitrogens with one attached hydrogen (secondary N) is 1. The van der Waals surface area contributed by atoms with Crippen LogP contribution in [0.3, 0.4) is 0 Å². The summed E-state index contributed by atoms with van der Waals surface area (Å²) < 4.78 is 34.9. The van der Waals surface area contributed by atoms with Gasteiger partial charge in [-0.25, -0.2) is 16.5 Å². The van der Waals surface area contributed by atoms with E-state index in [2.05, 4.69) is 25.1 Å². The number of halogens is 2. The van der Waals surface area contributed by atoms with E-state index in [9.17, 15) is 13.9 Å². The van der Waals surface area contributed by atoms with Gasteiger partial charge in [-0.2, -0.15) is 13.8 Å². The molecule has 3 aromatic rings. The van der Waals surface area contributed by atoms with Gasteiger partial charge in [0.05, 0.1) is 18.1 Å². The lowest BCUT2D eigenvalue weighted by Crippen LogP contribution is -2.40. The summed E-state index contributed by atoms with van der Waals surface area (Å²) in [6, 6.07) is 7.43. The molecule has 9 heteroatoms. The number of benzene rings is 1. The van der Waals surface area contributed by atoms with Gasteiger partial charge in [0.1, 0.15) is 17.2 Å². The average Bonchev–Trinajstić information content (AvgIpc) is 3.58. The van der Waals surface area contributed by atoms with Gasteiger partial charge in [-0.05, 0) is 45.4 Å². The molecule has 1 aliphatic rings. The highest BCUT2D eigenvalue weighted by Gasteiger charge is 2.55. The number of nitrogens with zero attached hydrogens (tertiary/aromatic N) is 4. The Balaban J connectivity index is 1.75. The third kappa shape index (κ3) is 4.03. The minimum Gasteiger partial charge on any atom is -0.481 e. The second-order valence-electron chi connectivity index (χ2n) is 9.30. The Kier molecular flexibility index (Phi) is 5.68. The molecule has 2 N–H and O–H groups in total. The van der Waals surface area contributed by atoms with Crippen LogP contribution in [0, 0.1) is 13.5 Å². The first-order valence-electron chi connectivity index (χ1n) is 11.0. The van der Waals surface area contributed by atoms with E-state index in [4.69, 9.17) is 11.3 Å². The van der Waals surface area contributed by atoms with Gasteiger partial charge in [-0.3, -0.25) is 0 Å². The Labute approximate surface area is 197 Å². The molecule has 1 aliphatic carbocycles. The molecular formula is C25H27F2N5O2. The summed E-state index contributed by atoms with van der Waals surface area (Å²) in [5.74, 6) is -2.07. The monoisotopic (exact) mass is 467 g/mol. The molecule has 7 nitrogen and oxygen atoms in total. The fourth-order valence-corrected chi connectivity index (χ4v) is 3.95. The molecule has 2 aromatic heterocycles. The number of rotatable bonds is 7. The fourth-order valence-electron chi connectivity index (χ4n) is 3.95. The summed E-state index contributed by atoms with van der Waals surface area (Å²) in [6.45, 7) is 13.4. The molecule has 1 saturated carbocycles. The summed E-state index contributed by atoms with van der Waals surface area (Å²) >= 11 is 0. The minimum absolute atomic E-state index is 0.267. The normalized spacial score (nSPS) is 16.1. The maximum absolute atomic E-state index is 14.7. The lowest BCUT2D eigenvalue weighted by Gasteiger charge is -2.30. The van der Waals surface area contributed by atoms with E-state index < -0.39 is 23.1 Å². The van der Waals surface area contributed by atoms with Crippen LogP contribution in [0.2, 0.25) is 0 Å². The van der Waals surface area contributed by atoms with Gasteiger partial charge >= 0.3 is 5.92 Å². The van der Waals surface area contributed by atoms with Gasteiger partial charge in [0.15, 0.2) is 5.65 Å². The SMILES string of the molecule is [C-]#[N+]C1(c2cc3c(N[C@H](C)c4cccc(C(F)(F)C(C)(C)O)c4)nc(C)nc3nc2OC)CC1. The summed E-state index contributed by atoms with van der Waals surface area (Å²) in [7, 11) is 1.52. The first-order valence-corrected chi connectivity index (χ1v) is 11.0. The molecule has 0 unspecified atom stereocenters. The second-order valence-corrected chi connectivity index (χ2v) is 9.30. The van der Waals surface area contributed by atoms with E-state index in [0.29, 0.717) is 39.7 Å². The number of anilines is 1. The van der Waals surface area contributed by atoms with Crippen LogP contribution in [-0.2, 0) is 11.5 Å². The molecule has 178 valence electrons. The highest BCUT2D eigenvalue weighted by molar-refractivity contribution is 5.88. The fraction of sp³-hybridized carbons (Fsp3) is 0.440. The van der Waals surface area contributed by atoms with Gasteiger partial charge in [0.25, 0.3) is 5.54 Å². The van der Waals surface area contributed by atoms with Gasteiger partial charge in [0, 0.05) is 24.4 Å². The highest BCUT2D eigenvalue weighted by Crippen LogP contribution is 2.53. The van der Waals surface area contributed by atoms with Gasteiger partial charge < -0.3 is 20.0 Å². The summed E-state index contributed by atoms with van der Waals surface area (Å²) in [4.78, 5) is 17.3. The smallest absolute Gasteiger partial charge is 0.300 e. The summed E-state index contributed by atoms with van der Waals surface area (Å²) in [5.41, 5.74) is -1.38. The van der Waals surface area contributed by atoms with E-state index in [1.165, 1.54) is 19.2 Å². The number of pyridine rings is 1. The minimum atomic E-state index is -3.42. The number of methoxy groups -OCH3 is 1. The molecule has 1 atom stereocenters. The van der Waals surface area contributed by atoms with Crippen molar-refractivity contribution in [2.24, 2.45) is 0 Å². The van der Waals surface area contributed by atoms with Crippen LogP contribution in [0.1, 0.15) is 62.2 Å². The Morgan fingerprint density at radius 3 is 2.50 bits per heavy atom. The molecule has 0 aliphatic heterocycles. The largest absolute Gasteiger partial charge is 0.481 e. The quantitative estimate of drug-likeness (QED) is 0.460. The van der Waals surface area contributed by atoms with Gasteiger partial charge in [-0.15, -0.1) is 0 Å². The van der Waals surface area contributed by atoms with Crippen molar-refractivity contribution < 1.29 is 18.6 Å². The van der Waals surface area contributed by atoms with Crippen LogP contribution in [0.15, 0.2) is 30.3 Å². The summed E-state index contributed by atoms with van der Waals surface area (Å²) in [5, 5.41) is 13.9. The first kappa shape index (κ1) is 23.8. The van der Waals surface area contributed by atoms with Crippen molar-refractivity contribution in [3.8, 4) is 5.88 Å². The molecule has 1 aromatic carbocycles. The zero-order chi connectivity index (χ0) is 24.9.